The molecule has 2 aromatic heterocycles. The fourth-order valence-electron chi connectivity index (χ4n) is 3.34. The van der Waals surface area contributed by atoms with Gasteiger partial charge in [-0.25, -0.2) is 4.98 Å². The van der Waals surface area contributed by atoms with Crippen LogP contribution in [0.15, 0.2) is 49.1 Å². The van der Waals surface area contributed by atoms with Crippen LogP contribution in [0.5, 0.6) is 0 Å². The summed E-state index contributed by atoms with van der Waals surface area (Å²) in [5, 5.41) is 8.34. The molecule has 4 rings (SSSR count). The van der Waals surface area contributed by atoms with Gasteiger partial charge in [-0.2, -0.15) is 5.10 Å². The second-order valence-electron chi connectivity index (χ2n) is 6.30. The first kappa shape index (κ1) is 16.7. The minimum atomic E-state index is -0.213. The number of benzene rings is 1. The molecule has 1 aliphatic rings. The van der Waals surface area contributed by atoms with Gasteiger partial charge in [0.15, 0.2) is 0 Å². The lowest BCUT2D eigenvalue weighted by molar-refractivity contribution is 0.0927. The molecule has 1 N–H and O–H groups in total. The van der Waals surface area contributed by atoms with Gasteiger partial charge >= 0.3 is 0 Å². The molecule has 1 amide bonds. The number of halogens is 1. The van der Waals surface area contributed by atoms with Crippen LogP contribution in [-0.2, 0) is 13.0 Å². The quantitative estimate of drug-likeness (QED) is 0.768. The summed E-state index contributed by atoms with van der Waals surface area (Å²) in [6.45, 7) is 0.625. The summed E-state index contributed by atoms with van der Waals surface area (Å²) < 4.78 is 1.98. The Hall–Kier alpha value is -2.73. The Labute approximate surface area is 156 Å². The summed E-state index contributed by atoms with van der Waals surface area (Å²) in [4.78, 5) is 20.4. The number of nitrogens with zero attached hydrogens (tertiary/aromatic N) is 4. The number of carbonyl (C=O) groups excluding carboxylic acids is 1. The highest BCUT2D eigenvalue weighted by Gasteiger charge is 2.26. The zero-order chi connectivity index (χ0) is 17.9. The van der Waals surface area contributed by atoms with Crippen molar-refractivity contribution < 1.29 is 4.79 Å². The third-order valence-electron chi connectivity index (χ3n) is 4.64. The summed E-state index contributed by atoms with van der Waals surface area (Å²) in [5.74, 6) is -0.213. The summed E-state index contributed by atoms with van der Waals surface area (Å²) >= 11 is 6.28. The van der Waals surface area contributed by atoms with E-state index in [1.54, 1.807) is 6.20 Å². The van der Waals surface area contributed by atoms with Crippen LogP contribution >= 0.6 is 11.6 Å². The maximum absolute atomic E-state index is 12.4. The highest BCUT2D eigenvalue weighted by molar-refractivity contribution is 6.31. The Morgan fingerprint density at radius 3 is 2.96 bits per heavy atom. The van der Waals surface area contributed by atoms with E-state index in [0.717, 1.165) is 41.1 Å². The maximum Gasteiger partial charge on any atom is 0.271 e. The molecular weight excluding hydrogens is 350 g/mol. The Kier molecular flexibility index (Phi) is 4.67. The lowest BCUT2D eigenvalue weighted by Crippen LogP contribution is -2.31. The fraction of sp³-hybridized carbons (Fsp3) is 0.263. The van der Waals surface area contributed by atoms with E-state index in [0.29, 0.717) is 12.2 Å². The van der Waals surface area contributed by atoms with Crippen LogP contribution in [-0.4, -0.2) is 25.7 Å². The van der Waals surface area contributed by atoms with E-state index in [9.17, 15) is 4.79 Å². The van der Waals surface area contributed by atoms with Crippen molar-refractivity contribution in [1.82, 2.24) is 25.1 Å². The van der Waals surface area contributed by atoms with Crippen molar-refractivity contribution in [3.8, 4) is 0 Å². The molecule has 0 spiro atoms. The highest BCUT2D eigenvalue weighted by Crippen LogP contribution is 2.30. The molecule has 1 atom stereocenters. The Morgan fingerprint density at radius 1 is 1.27 bits per heavy atom. The summed E-state index contributed by atoms with van der Waals surface area (Å²) in [7, 11) is 0. The molecule has 132 valence electrons. The van der Waals surface area contributed by atoms with Gasteiger partial charge in [0.1, 0.15) is 5.69 Å². The average molecular weight is 368 g/mol. The molecule has 0 radical (unpaired) electrons. The summed E-state index contributed by atoms with van der Waals surface area (Å²) in [5.41, 5.74) is 3.58. The number of rotatable bonds is 4. The molecule has 3 aromatic rings. The average Bonchev–Trinajstić information content (AvgIpc) is 3.08. The van der Waals surface area contributed by atoms with Crippen molar-refractivity contribution in [2.45, 2.75) is 31.8 Å². The molecule has 2 heterocycles. The first-order valence-electron chi connectivity index (χ1n) is 8.57. The smallest absolute Gasteiger partial charge is 0.271 e. The minimum Gasteiger partial charge on any atom is -0.344 e. The van der Waals surface area contributed by atoms with Crippen LogP contribution in [0.4, 0.5) is 0 Å². The predicted octanol–water partition coefficient (Wildman–Crippen LogP) is 3.18. The van der Waals surface area contributed by atoms with Gasteiger partial charge in [0.05, 0.1) is 25.0 Å². The molecule has 1 aromatic carbocycles. The van der Waals surface area contributed by atoms with Crippen molar-refractivity contribution in [2.75, 3.05) is 0 Å². The topological polar surface area (TPSA) is 72.7 Å². The van der Waals surface area contributed by atoms with Gasteiger partial charge in [-0.1, -0.05) is 29.8 Å². The monoisotopic (exact) mass is 367 g/mol. The van der Waals surface area contributed by atoms with Crippen LogP contribution in [0.2, 0.25) is 5.02 Å². The van der Waals surface area contributed by atoms with E-state index >= 15 is 0 Å². The van der Waals surface area contributed by atoms with E-state index < -0.39 is 0 Å². The van der Waals surface area contributed by atoms with Gasteiger partial charge in [-0.3, -0.25) is 14.5 Å². The number of nitrogens with one attached hydrogen (secondary N) is 1. The number of fused-ring (bicyclic) bond motifs is 1. The first-order chi connectivity index (χ1) is 12.7. The SMILES string of the molecule is O=C(N[C@H]1CCCc2c1cnn2Cc1ccccc1Cl)c1cnccn1. The maximum atomic E-state index is 12.4. The van der Waals surface area contributed by atoms with Crippen LogP contribution < -0.4 is 5.32 Å². The van der Waals surface area contributed by atoms with Crippen molar-refractivity contribution in [3.63, 3.8) is 0 Å². The van der Waals surface area contributed by atoms with Crippen LogP contribution in [0.1, 0.15) is 46.2 Å². The van der Waals surface area contributed by atoms with Crippen molar-refractivity contribution in [2.24, 2.45) is 0 Å². The van der Waals surface area contributed by atoms with Gasteiger partial charge in [0.2, 0.25) is 0 Å². The Morgan fingerprint density at radius 2 is 2.15 bits per heavy atom. The Balaban J connectivity index is 1.55. The minimum absolute atomic E-state index is 0.0618. The van der Waals surface area contributed by atoms with Crippen molar-refractivity contribution in [3.05, 3.63) is 76.6 Å². The molecule has 0 aliphatic heterocycles. The number of hydrogen-bond donors (Lipinski definition) is 1. The molecular formula is C19H18ClN5O. The number of carbonyl (C=O) groups is 1. The second-order valence-corrected chi connectivity index (χ2v) is 6.71. The molecule has 0 unspecified atom stereocenters. The van der Waals surface area contributed by atoms with Crippen molar-refractivity contribution in [1.29, 1.82) is 0 Å². The number of hydrogen-bond acceptors (Lipinski definition) is 4. The third kappa shape index (κ3) is 3.32. The normalized spacial score (nSPS) is 16.1. The van der Waals surface area contributed by atoms with E-state index in [2.05, 4.69) is 20.4 Å². The number of amides is 1. The zero-order valence-electron chi connectivity index (χ0n) is 14.1. The molecule has 7 heteroatoms. The first-order valence-corrected chi connectivity index (χ1v) is 8.95. The standard InChI is InChI=1S/C19H18ClN5O/c20-15-5-2-1-4-13(15)12-25-18-7-3-6-16(14(18)10-23-25)24-19(26)17-11-21-8-9-22-17/h1-2,4-5,8-11,16H,3,6-7,12H2,(H,24,26)/t16-/m0/s1. The predicted molar refractivity (Wildman–Crippen MR) is 98.0 cm³/mol. The highest BCUT2D eigenvalue weighted by atomic mass is 35.5. The van der Waals surface area contributed by atoms with Gasteiger partial charge in [0, 0.05) is 28.7 Å². The van der Waals surface area contributed by atoms with Crippen LogP contribution in [0, 0.1) is 0 Å². The molecule has 0 bridgehead atoms. The van der Waals surface area contributed by atoms with E-state index in [1.165, 1.54) is 12.4 Å². The van der Waals surface area contributed by atoms with Crippen LogP contribution in [0.25, 0.3) is 0 Å². The molecule has 0 saturated heterocycles. The molecule has 26 heavy (non-hydrogen) atoms. The van der Waals surface area contributed by atoms with E-state index in [4.69, 9.17) is 11.6 Å². The van der Waals surface area contributed by atoms with E-state index in [-0.39, 0.29) is 11.9 Å². The lowest BCUT2D eigenvalue weighted by Gasteiger charge is -2.24. The zero-order valence-corrected chi connectivity index (χ0v) is 14.9. The molecule has 6 nitrogen and oxygen atoms in total. The van der Waals surface area contributed by atoms with Crippen LogP contribution in [0.3, 0.4) is 0 Å². The van der Waals surface area contributed by atoms with Gasteiger partial charge in [-0.15, -0.1) is 0 Å². The van der Waals surface area contributed by atoms with Gasteiger partial charge in [-0.05, 0) is 30.9 Å². The third-order valence-corrected chi connectivity index (χ3v) is 5.01. The molecule has 1 aliphatic carbocycles. The van der Waals surface area contributed by atoms with Gasteiger partial charge < -0.3 is 5.32 Å². The summed E-state index contributed by atoms with van der Waals surface area (Å²) in [6, 6.07) is 7.72. The largest absolute Gasteiger partial charge is 0.344 e. The second kappa shape index (κ2) is 7.25. The number of aromatic nitrogens is 4. The summed E-state index contributed by atoms with van der Waals surface area (Å²) in [6.07, 6.45) is 9.21. The Bertz CT molecular complexity index is 925. The fourth-order valence-corrected chi connectivity index (χ4v) is 3.54. The lowest BCUT2D eigenvalue weighted by atomic mass is 9.92. The molecule has 0 saturated carbocycles. The van der Waals surface area contributed by atoms with E-state index in [1.807, 2.05) is 35.1 Å². The molecule has 0 fully saturated rings. The van der Waals surface area contributed by atoms with Gasteiger partial charge in [0.25, 0.3) is 5.91 Å². The van der Waals surface area contributed by atoms with Crippen molar-refractivity contribution >= 4 is 17.5 Å².